The number of thioether (sulfide) groups is 1. The molecule has 18 heavy (non-hydrogen) atoms. The fourth-order valence-electron chi connectivity index (χ4n) is 2.00. The van der Waals surface area contributed by atoms with Crippen molar-refractivity contribution in [2.24, 2.45) is 0 Å². The first-order chi connectivity index (χ1) is 8.85. The lowest BCUT2D eigenvalue weighted by atomic mass is 10.0. The molecule has 0 saturated carbocycles. The van der Waals surface area contributed by atoms with Crippen LogP contribution in [0.4, 0.5) is 0 Å². The standard InChI is InChI=1S/C12H21N3O2S/c1-3-5-13-10-7-16-6-9(10)12-14-11(15-17-12)8-18-4-2/h9-10,13H,3-8H2,1-2H3. The monoisotopic (exact) mass is 271 g/mol. The molecule has 6 heteroatoms. The van der Waals surface area contributed by atoms with Crippen LogP contribution in [0.2, 0.25) is 0 Å². The van der Waals surface area contributed by atoms with Crippen LogP contribution in [0.15, 0.2) is 4.52 Å². The van der Waals surface area contributed by atoms with E-state index in [1.165, 1.54) is 0 Å². The molecule has 1 fully saturated rings. The average Bonchev–Trinajstić information content (AvgIpc) is 3.02. The number of hydrogen-bond donors (Lipinski definition) is 1. The van der Waals surface area contributed by atoms with Gasteiger partial charge in [-0.2, -0.15) is 16.7 Å². The van der Waals surface area contributed by atoms with E-state index in [1.54, 1.807) is 11.8 Å². The van der Waals surface area contributed by atoms with Crippen molar-refractivity contribution in [1.82, 2.24) is 15.5 Å². The van der Waals surface area contributed by atoms with Gasteiger partial charge >= 0.3 is 0 Å². The molecule has 2 rings (SSSR count). The molecule has 102 valence electrons. The molecule has 1 aromatic rings. The molecule has 1 aliphatic heterocycles. The number of ether oxygens (including phenoxy) is 1. The summed E-state index contributed by atoms with van der Waals surface area (Å²) in [4.78, 5) is 4.47. The van der Waals surface area contributed by atoms with E-state index in [0.717, 1.165) is 36.9 Å². The van der Waals surface area contributed by atoms with Crippen molar-refractivity contribution >= 4 is 11.8 Å². The van der Waals surface area contributed by atoms with Crippen LogP contribution in [0.1, 0.15) is 37.9 Å². The average molecular weight is 271 g/mol. The topological polar surface area (TPSA) is 60.2 Å². The summed E-state index contributed by atoms with van der Waals surface area (Å²) in [7, 11) is 0. The predicted molar refractivity (Wildman–Crippen MR) is 71.8 cm³/mol. The maximum absolute atomic E-state index is 5.52. The summed E-state index contributed by atoms with van der Waals surface area (Å²) in [6.45, 7) is 6.68. The summed E-state index contributed by atoms with van der Waals surface area (Å²) >= 11 is 1.80. The number of rotatable bonds is 7. The van der Waals surface area contributed by atoms with Crippen LogP contribution < -0.4 is 5.32 Å². The molecule has 5 nitrogen and oxygen atoms in total. The third-order valence-corrected chi connectivity index (χ3v) is 3.84. The minimum Gasteiger partial charge on any atom is -0.379 e. The highest BCUT2D eigenvalue weighted by atomic mass is 32.2. The molecule has 1 N–H and O–H groups in total. The van der Waals surface area contributed by atoms with Crippen LogP contribution in [0.5, 0.6) is 0 Å². The van der Waals surface area contributed by atoms with Crippen LogP contribution in [-0.2, 0) is 10.5 Å². The van der Waals surface area contributed by atoms with Gasteiger partial charge in [-0.25, -0.2) is 0 Å². The number of aromatic nitrogens is 2. The van der Waals surface area contributed by atoms with Crippen LogP contribution in [-0.4, -0.2) is 41.7 Å². The number of nitrogens with zero attached hydrogens (tertiary/aromatic N) is 2. The first-order valence-electron chi connectivity index (χ1n) is 6.56. The van der Waals surface area contributed by atoms with Crippen LogP contribution in [0.25, 0.3) is 0 Å². The molecule has 0 aliphatic carbocycles. The maximum Gasteiger partial charge on any atom is 0.233 e. The normalized spacial score (nSPS) is 23.7. The second-order valence-corrected chi connectivity index (χ2v) is 5.66. The SMILES string of the molecule is CCCNC1COCC1c1nc(CSCC)no1. The van der Waals surface area contributed by atoms with Crippen LogP contribution >= 0.6 is 11.8 Å². The summed E-state index contributed by atoms with van der Waals surface area (Å²) in [6, 6.07) is 0.303. The zero-order valence-corrected chi connectivity index (χ0v) is 11.8. The van der Waals surface area contributed by atoms with E-state index < -0.39 is 0 Å². The van der Waals surface area contributed by atoms with Gasteiger partial charge in [-0.05, 0) is 18.7 Å². The van der Waals surface area contributed by atoms with Gasteiger partial charge in [0.2, 0.25) is 5.89 Å². The maximum atomic E-state index is 5.52. The molecule has 0 aromatic carbocycles. The summed E-state index contributed by atoms with van der Waals surface area (Å²) in [5.41, 5.74) is 0. The van der Waals surface area contributed by atoms with Gasteiger partial charge in [0.1, 0.15) is 0 Å². The van der Waals surface area contributed by atoms with Gasteiger partial charge in [-0.15, -0.1) is 0 Å². The largest absolute Gasteiger partial charge is 0.379 e. The molecule has 0 bridgehead atoms. The third kappa shape index (κ3) is 3.46. The lowest BCUT2D eigenvalue weighted by Gasteiger charge is -2.14. The summed E-state index contributed by atoms with van der Waals surface area (Å²) in [5.74, 6) is 3.59. The number of hydrogen-bond acceptors (Lipinski definition) is 6. The fraction of sp³-hybridized carbons (Fsp3) is 0.833. The summed E-state index contributed by atoms with van der Waals surface area (Å²) in [6.07, 6.45) is 1.12. The van der Waals surface area contributed by atoms with Crippen LogP contribution in [0, 0.1) is 0 Å². The Labute approximate surface area is 112 Å². The fourth-order valence-corrected chi connectivity index (χ4v) is 2.50. The van der Waals surface area contributed by atoms with Crippen molar-refractivity contribution in [1.29, 1.82) is 0 Å². The summed E-state index contributed by atoms with van der Waals surface area (Å²) in [5, 5.41) is 7.50. The predicted octanol–water partition coefficient (Wildman–Crippen LogP) is 1.80. The van der Waals surface area contributed by atoms with Gasteiger partial charge in [0.25, 0.3) is 0 Å². The van der Waals surface area contributed by atoms with Crippen molar-refractivity contribution in [2.75, 3.05) is 25.5 Å². The second kappa shape index (κ2) is 7.11. The molecule has 1 saturated heterocycles. The van der Waals surface area contributed by atoms with Crippen molar-refractivity contribution in [3.63, 3.8) is 0 Å². The molecular formula is C12H21N3O2S. The second-order valence-electron chi connectivity index (χ2n) is 4.39. The minimum absolute atomic E-state index is 0.199. The number of nitrogens with one attached hydrogen (secondary N) is 1. The third-order valence-electron chi connectivity index (χ3n) is 2.97. The first kappa shape index (κ1) is 13.8. The lowest BCUT2D eigenvalue weighted by molar-refractivity contribution is 0.184. The quantitative estimate of drug-likeness (QED) is 0.816. The van der Waals surface area contributed by atoms with Gasteiger partial charge in [-0.3, -0.25) is 0 Å². The Kier molecular flexibility index (Phi) is 5.46. The lowest BCUT2D eigenvalue weighted by Crippen LogP contribution is -2.35. The summed E-state index contributed by atoms with van der Waals surface area (Å²) < 4.78 is 10.9. The Bertz CT molecular complexity index is 359. The molecule has 0 spiro atoms. The van der Waals surface area contributed by atoms with Gasteiger partial charge in [-0.1, -0.05) is 19.0 Å². The Hall–Kier alpha value is -0.590. The van der Waals surface area contributed by atoms with E-state index in [9.17, 15) is 0 Å². The molecule has 2 unspecified atom stereocenters. The molecule has 1 aromatic heterocycles. The van der Waals surface area contributed by atoms with Gasteiger partial charge in [0.05, 0.1) is 24.9 Å². The molecule has 0 radical (unpaired) electrons. The zero-order chi connectivity index (χ0) is 12.8. The van der Waals surface area contributed by atoms with E-state index in [4.69, 9.17) is 9.26 Å². The van der Waals surface area contributed by atoms with E-state index in [2.05, 4.69) is 29.3 Å². The molecule has 2 atom stereocenters. The first-order valence-corrected chi connectivity index (χ1v) is 7.72. The van der Waals surface area contributed by atoms with E-state index in [0.29, 0.717) is 18.5 Å². The van der Waals surface area contributed by atoms with Gasteiger partial charge in [0, 0.05) is 6.04 Å². The minimum atomic E-state index is 0.199. The Morgan fingerprint density at radius 3 is 3.06 bits per heavy atom. The highest BCUT2D eigenvalue weighted by Crippen LogP contribution is 2.25. The Morgan fingerprint density at radius 1 is 1.39 bits per heavy atom. The molecule has 1 aliphatic rings. The highest BCUT2D eigenvalue weighted by Gasteiger charge is 2.33. The highest BCUT2D eigenvalue weighted by molar-refractivity contribution is 7.98. The Balaban J connectivity index is 1.94. The van der Waals surface area contributed by atoms with Crippen LogP contribution in [0.3, 0.4) is 0 Å². The smallest absolute Gasteiger partial charge is 0.233 e. The van der Waals surface area contributed by atoms with Gasteiger partial charge < -0.3 is 14.6 Å². The van der Waals surface area contributed by atoms with Gasteiger partial charge in [0.15, 0.2) is 5.82 Å². The molecule has 2 heterocycles. The van der Waals surface area contributed by atoms with E-state index in [1.807, 2.05) is 0 Å². The van der Waals surface area contributed by atoms with Crippen molar-refractivity contribution in [3.05, 3.63) is 11.7 Å². The van der Waals surface area contributed by atoms with Crippen molar-refractivity contribution in [2.45, 2.75) is 38.0 Å². The van der Waals surface area contributed by atoms with E-state index >= 15 is 0 Å². The zero-order valence-electron chi connectivity index (χ0n) is 11.0. The van der Waals surface area contributed by atoms with E-state index in [-0.39, 0.29) is 5.92 Å². The van der Waals surface area contributed by atoms with Crippen molar-refractivity contribution < 1.29 is 9.26 Å². The van der Waals surface area contributed by atoms with Crippen molar-refractivity contribution in [3.8, 4) is 0 Å². The Morgan fingerprint density at radius 2 is 2.28 bits per heavy atom. The molecule has 0 amide bonds. The molecular weight excluding hydrogens is 250 g/mol.